The fourth-order valence-corrected chi connectivity index (χ4v) is 4.90. The molecule has 2 aliphatic heterocycles. The third kappa shape index (κ3) is 7.58. The third-order valence-corrected chi connectivity index (χ3v) is 7.17. The minimum absolute atomic E-state index is 0.0522. The number of carbonyl (C=O) groups is 3. The predicted octanol–water partition coefficient (Wildman–Crippen LogP) is 6.51. The van der Waals surface area contributed by atoms with E-state index in [1.807, 2.05) is 0 Å². The minimum atomic E-state index is -5.73. The number of aliphatic hydroxyl groups is 1. The molecule has 0 aliphatic carbocycles. The van der Waals surface area contributed by atoms with Gasteiger partial charge in [-0.05, 0) is 45.0 Å². The monoisotopic (exact) mass is 705 g/mol. The van der Waals surface area contributed by atoms with Gasteiger partial charge in [0.1, 0.15) is 27.6 Å². The highest BCUT2D eigenvalue weighted by molar-refractivity contribution is 6.31. The maximum absolute atomic E-state index is 14.8. The first-order valence-electron chi connectivity index (χ1n) is 14.9. The predicted molar refractivity (Wildman–Crippen MR) is 149 cm³/mol. The number of β-amino-alcohol motifs (C(OH)–C–C–N with tert-alkyl or cyclic N) is 1. The van der Waals surface area contributed by atoms with Crippen LogP contribution >= 0.6 is 11.6 Å². The van der Waals surface area contributed by atoms with Crippen molar-refractivity contribution in [1.82, 2.24) is 9.80 Å². The van der Waals surface area contributed by atoms with Crippen LogP contribution in [0.15, 0.2) is 24.3 Å². The lowest BCUT2D eigenvalue weighted by molar-refractivity contribution is -0.143. The summed E-state index contributed by atoms with van der Waals surface area (Å²) in [5.74, 6) is -5.00. The van der Waals surface area contributed by atoms with Gasteiger partial charge in [-0.15, -0.1) is 0 Å². The van der Waals surface area contributed by atoms with E-state index < -0.39 is 118 Å². The zero-order valence-electron chi connectivity index (χ0n) is 27.5. The second kappa shape index (κ2) is 12.2. The van der Waals surface area contributed by atoms with Gasteiger partial charge in [0.15, 0.2) is 11.6 Å². The molecule has 47 heavy (non-hydrogen) atoms. The van der Waals surface area contributed by atoms with Crippen molar-refractivity contribution in [1.29, 1.82) is 0 Å². The van der Waals surface area contributed by atoms with Crippen molar-refractivity contribution in [2.45, 2.75) is 44.3 Å². The van der Waals surface area contributed by atoms with E-state index in [-0.39, 0.29) is 25.7 Å². The summed E-state index contributed by atoms with van der Waals surface area (Å²) in [6.45, 7) is -1.22. The molecule has 4 amide bonds. The van der Waals surface area contributed by atoms with Crippen LogP contribution in [0.3, 0.4) is 0 Å². The van der Waals surface area contributed by atoms with Crippen LogP contribution in [0.25, 0.3) is 0 Å². The molecule has 0 unspecified atom stereocenters. The second-order valence-electron chi connectivity index (χ2n) is 11.7. The van der Waals surface area contributed by atoms with Crippen molar-refractivity contribution in [3.63, 3.8) is 0 Å². The van der Waals surface area contributed by atoms with Crippen molar-refractivity contribution in [3.8, 4) is 5.75 Å². The molecule has 258 valence electrons. The number of carbonyl (C=O) groups excluding carboxylic acids is 3. The van der Waals surface area contributed by atoms with Gasteiger partial charge in [0.05, 0.1) is 36.6 Å². The van der Waals surface area contributed by atoms with Crippen LogP contribution < -0.4 is 14.5 Å². The summed E-state index contributed by atoms with van der Waals surface area (Å²) in [6, 6.07) is -0.821. The largest absolute Gasteiger partial charge is 0.444 e. The Balaban J connectivity index is 1.73. The highest BCUT2D eigenvalue weighted by Crippen LogP contribution is 2.47. The van der Waals surface area contributed by atoms with Gasteiger partial charge in [-0.25, -0.2) is 23.2 Å². The summed E-state index contributed by atoms with van der Waals surface area (Å²) in [5.41, 5.74) is -9.41. The maximum atomic E-state index is 14.8. The van der Waals surface area contributed by atoms with Crippen molar-refractivity contribution in [3.05, 3.63) is 52.0 Å². The molecule has 4 rings (SSSR count). The van der Waals surface area contributed by atoms with E-state index in [1.54, 1.807) is 20.8 Å². The Morgan fingerprint density at radius 3 is 2.26 bits per heavy atom. The van der Waals surface area contributed by atoms with Gasteiger partial charge in [-0.2, -0.15) is 26.3 Å². The van der Waals surface area contributed by atoms with Crippen LogP contribution in [0.1, 0.15) is 36.0 Å². The molecular formula is C28H27ClF8N4O6. The Kier molecular flexibility index (Phi) is 8.18. The lowest BCUT2D eigenvalue weighted by atomic mass is 9.94. The first-order valence-corrected chi connectivity index (χ1v) is 13.8. The molecule has 0 saturated carbocycles. The molecule has 2 aromatic rings. The minimum Gasteiger partial charge on any atom is -0.444 e. The molecule has 0 atom stereocenters. The molecule has 0 bridgehead atoms. The maximum Gasteiger partial charge on any atom is 0.420 e. The number of alkyl halides is 6. The SMILES string of the molecule is [2H]C([2H])([2H])N(C(=O)Oc1c(N2CCN(CC3(O)CN(C(=O)OC(C)(C)C)C3)C2=O)cc(C(F)(F)F)cc1C(F)(F)F)c1ccc(F)c(Cl)c1F. The molecule has 2 aliphatic rings. The van der Waals surface area contributed by atoms with Gasteiger partial charge < -0.3 is 24.4 Å². The Morgan fingerprint density at radius 2 is 1.70 bits per heavy atom. The van der Waals surface area contributed by atoms with Crippen LogP contribution in [0.5, 0.6) is 5.75 Å². The summed E-state index contributed by atoms with van der Waals surface area (Å²) in [7, 11) is 0. The van der Waals surface area contributed by atoms with E-state index in [0.717, 1.165) is 9.80 Å². The van der Waals surface area contributed by atoms with Crippen LogP contribution in [0, 0.1) is 11.6 Å². The summed E-state index contributed by atoms with van der Waals surface area (Å²) in [6.07, 6.45) is -14.3. The fourth-order valence-electron chi connectivity index (χ4n) is 4.74. The molecule has 2 fully saturated rings. The highest BCUT2D eigenvalue weighted by Gasteiger charge is 2.49. The van der Waals surface area contributed by atoms with Gasteiger partial charge in [-0.3, -0.25) is 9.80 Å². The average molecular weight is 706 g/mol. The lowest BCUT2D eigenvalue weighted by Crippen LogP contribution is -2.68. The molecule has 0 radical (unpaired) electrons. The quantitative estimate of drug-likeness (QED) is 0.281. The van der Waals surface area contributed by atoms with Crippen LogP contribution in [-0.4, -0.2) is 84.0 Å². The summed E-state index contributed by atoms with van der Waals surface area (Å²) >= 11 is 5.48. The van der Waals surface area contributed by atoms with Crippen molar-refractivity contribution in [2.75, 3.05) is 49.5 Å². The van der Waals surface area contributed by atoms with Crippen molar-refractivity contribution < 1.29 is 68.2 Å². The zero-order valence-corrected chi connectivity index (χ0v) is 25.3. The Hall–Kier alpha value is -4.06. The number of likely N-dealkylation sites (tertiary alicyclic amines) is 1. The lowest BCUT2D eigenvalue weighted by Gasteiger charge is -2.47. The second-order valence-corrected chi connectivity index (χ2v) is 12.1. The molecule has 0 spiro atoms. The molecule has 2 aromatic carbocycles. The van der Waals surface area contributed by atoms with Crippen LogP contribution in [0.2, 0.25) is 5.02 Å². The summed E-state index contributed by atoms with van der Waals surface area (Å²) < 4.78 is 146. The van der Waals surface area contributed by atoms with E-state index in [4.69, 9.17) is 25.2 Å². The number of urea groups is 1. The normalized spacial score (nSPS) is 17.9. The molecule has 19 heteroatoms. The number of rotatable bonds is 5. The number of benzene rings is 2. The summed E-state index contributed by atoms with van der Waals surface area (Å²) in [5, 5.41) is 9.59. The molecular weight excluding hydrogens is 676 g/mol. The first kappa shape index (κ1) is 31.5. The van der Waals surface area contributed by atoms with E-state index in [1.165, 1.54) is 0 Å². The van der Waals surface area contributed by atoms with E-state index in [0.29, 0.717) is 17.0 Å². The van der Waals surface area contributed by atoms with Gasteiger partial charge >= 0.3 is 30.6 Å². The van der Waals surface area contributed by atoms with Crippen molar-refractivity contribution >= 4 is 41.2 Å². The van der Waals surface area contributed by atoms with Gasteiger partial charge in [0.25, 0.3) is 0 Å². The Morgan fingerprint density at radius 1 is 1.06 bits per heavy atom. The van der Waals surface area contributed by atoms with E-state index in [2.05, 4.69) is 0 Å². The van der Waals surface area contributed by atoms with Gasteiger partial charge in [0.2, 0.25) is 0 Å². The summed E-state index contributed by atoms with van der Waals surface area (Å²) in [4.78, 5) is 40.8. The van der Waals surface area contributed by atoms with Crippen LogP contribution in [-0.2, 0) is 17.1 Å². The van der Waals surface area contributed by atoms with Gasteiger partial charge in [-0.1, -0.05) is 11.6 Å². The molecule has 0 aromatic heterocycles. The van der Waals surface area contributed by atoms with Crippen molar-refractivity contribution in [2.24, 2.45) is 0 Å². The molecule has 2 saturated heterocycles. The number of anilines is 2. The number of hydrogen-bond acceptors (Lipinski definition) is 6. The standard InChI is InChI=1S/C28H27ClF8N4O6/c1-25(2,3)47-24(44)40-12-26(45,13-40)11-39-7-8-41(22(39)42)18-10-14(27(32,33)34)9-15(28(35,36)37)21(18)46-23(43)38(4)17-6-5-16(30)19(29)20(17)31/h5-6,9-10,45H,7-8,11-13H2,1-4H3/i4D3. The Labute approximate surface area is 271 Å². The highest BCUT2D eigenvalue weighted by atomic mass is 35.5. The van der Waals surface area contributed by atoms with E-state index >= 15 is 0 Å². The number of amides is 4. The Bertz CT molecular complexity index is 1700. The van der Waals surface area contributed by atoms with E-state index in [9.17, 15) is 54.6 Å². The third-order valence-electron chi connectivity index (χ3n) is 6.82. The number of nitrogens with zero attached hydrogens (tertiary/aromatic N) is 4. The number of ether oxygens (including phenoxy) is 2. The molecule has 1 N–H and O–H groups in total. The number of hydrogen-bond donors (Lipinski definition) is 1. The molecule has 10 nitrogen and oxygen atoms in total. The zero-order chi connectivity index (χ0) is 37.9. The van der Waals surface area contributed by atoms with Crippen LogP contribution in [0.4, 0.5) is 60.9 Å². The first-order chi connectivity index (χ1) is 22.6. The topological polar surface area (TPSA) is 103 Å². The fraction of sp³-hybridized carbons (Fsp3) is 0.464. The van der Waals surface area contributed by atoms with Gasteiger partial charge in [0, 0.05) is 24.2 Å². The average Bonchev–Trinajstić information content (AvgIpc) is 3.28. The molecule has 2 heterocycles. The number of halogens is 9. The smallest absolute Gasteiger partial charge is 0.420 e.